The lowest BCUT2D eigenvalue weighted by Gasteiger charge is -2.36. The van der Waals surface area contributed by atoms with Crippen LogP contribution in [0.5, 0.6) is 5.75 Å². The topological polar surface area (TPSA) is 68.6 Å². The van der Waals surface area contributed by atoms with Crippen LogP contribution in [0.2, 0.25) is 0 Å². The van der Waals surface area contributed by atoms with Crippen LogP contribution in [0, 0.1) is 11.3 Å². The molecule has 1 saturated heterocycles. The van der Waals surface area contributed by atoms with E-state index in [1.807, 2.05) is 18.2 Å². The van der Waals surface area contributed by atoms with Gasteiger partial charge < -0.3 is 15.0 Å². The molecule has 0 radical (unpaired) electrons. The Kier molecular flexibility index (Phi) is 6.88. The van der Waals surface area contributed by atoms with Gasteiger partial charge in [-0.3, -0.25) is 9.69 Å². The van der Waals surface area contributed by atoms with Crippen LogP contribution in [0.25, 0.3) is 0 Å². The first-order chi connectivity index (χ1) is 13.7. The van der Waals surface area contributed by atoms with Crippen LogP contribution in [0.3, 0.4) is 0 Å². The Hall–Kier alpha value is -3.04. The Morgan fingerprint density at radius 3 is 2.50 bits per heavy atom. The Bertz CT molecular complexity index is 821. The van der Waals surface area contributed by atoms with E-state index in [0.29, 0.717) is 17.7 Å². The van der Waals surface area contributed by atoms with Crippen LogP contribution >= 0.6 is 0 Å². The van der Waals surface area contributed by atoms with E-state index in [1.165, 1.54) is 0 Å². The molecule has 0 aromatic heterocycles. The minimum Gasteiger partial charge on any atom is -0.495 e. The summed E-state index contributed by atoms with van der Waals surface area (Å²) in [5, 5.41) is 11.8. The summed E-state index contributed by atoms with van der Waals surface area (Å²) in [5.41, 5.74) is 2.30. The molecule has 0 atom stereocenters. The Morgan fingerprint density at radius 1 is 1.11 bits per heavy atom. The fourth-order valence-corrected chi connectivity index (χ4v) is 3.41. The van der Waals surface area contributed by atoms with Crippen molar-refractivity contribution in [3.05, 3.63) is 59.7 Å². The third kappa shape index (κ3) is 5.02. The smallest absolute Gasteiger partial charge is 0.251 e. The molecule has 28 heavy (non-hydrogen) atoms. The number of nitriles is 1. The predicted molar refractivity (Wildman–Crippen MR) is 110 cm³/mol. The van der Waals surface area contributed by atoms with Gasteiger partial charge in [0.15, 0.2) is 0 Å². The predicted octanol–water partition coefficient (Wildman–Crippen LogP) is 2.51. The monoisotopic (exact) mass is 378 g/mol. The van der Waals surface area contributed by atoms with E-state index in [4.69, 9.17) is 10.00 Å². The summed E-state index contributed by atoms with van der Waals surface area (Å²) in [4.78, 5) is 16.9. The maximum absolute atomic E-state index is 12.1. The molecule has 1 aliphatic rings. The molecule has 0 unspecified atom stereocenters. The van der Waals surface area contributed by atoms with Gasteiger partial charge in [-0.25, -0.2) is 0 Å². The number of hydrogen-bond acceptors (Lipinski definition) is 5. The Labute approximate surface area is 166 Å². The van der Waals surface area contributed by atoms with Gasteiger partial charge >= 0.3 is 0 Å². The number of carbonyl (C=O) groups is 1. The van der Waals surface area contributed by atoms with E-state index in [9.17, 15) is 4.79 Å². The standard InChI is InChI=1S/C22H26N4O2/c1-28-21-6-3-2-5-20(21)26-15-13-25(14-16-26)12-4-11-24-22(27)19-9-7-18(17-23)8-10-19/h2-3,5-10H,4,11-16H2,1H3,(H,24,27). The first-order valence-electron chi connectivity index (χ1n) is 9.60. The number of hydrogen-bond donors (Lipinski definition) is 1. The highest BCUT2D eigenvalue weighted by Gasteiger charge is 2.19. The van der Waals surface area contributed by atoms with E-state index < -0.39 is 0 Å². The van der Waals surface area contributed by atoms with Gasteiger partial charge in [-0.15, -0.1) is 0 Å². The lowest BCUT2D eigenvalue weighted by Crippen LogP contribution is -2.47. The van der Waals surface area contributed by atoms with Gasteiger partial charge in [-0.2, -0.15) is 5.26 Å². The first kappa shape index (κ1) is 19.7. The number of nitrogens with zero attached hydrogens (tertiary/aromatic N) is 3. The van der Waals surface area contributed by atoms with Gasteiger partial charge in [-0.05, 0) is 49.4 Å². The molecule has 2 aromatic carbocycles. The summed E-state index contributed by atoms with van der Waals surface area (Å²) < 4.78 is 5.47. The number of anilines is 1. The van der Waals surface area contributed by atoms with Gasteiger partial charge in [0.1, 0.15) is 5.75 Å². The minimum absolute atomic E-state index is 0.0921. The number of ether oxygens (including phenoxy) is 1. The average molecular weight is 378 g/mol. The van der Waals surface area contributed by atoms with E-state index >= 15 is 0 Å². The quantitative estimate of drug-likeness (QED) is 0.750. The van der Waals surface area contributed by atoms with Crippen LogP contribution in [-0.4, -0.2) is 57.2 Å². The number of amides is 1. The molecule has 3 rings (SSSR count). The molecule has 1 amide bonds. The van der Waals surface area contributed by atoms with Crippen molar-refractivity contribution in [2.75, 3.05) is 51.3 Å². The maximum atomic E-state index is 12.1. The third-order valence-electron chi connectivity index (χ3n) is 5.01. The molecule has 1 fully saturated rings. The fraction of sp³-hybridized carbons (Fsp3) is 0.364. The second kappa shape index (κ2) is 9.77. The minimum atomic E-state index is -0.0921. The highest BCUT2D eigenvalue weighted by Crippen LogP contribution is 2.28. The van der Waals surface area contributed by atoms with E-state index in [0.717, 1.165) is 50.6 Å². The summed E-state index contributed by atoms with van der Waals surface area (Å²) in [5.74, 6) is 0.826. The lowest BCUT2D eigenvalue weighted by molar-refractivity contribution is 0.0951. The number of rotatable bonds is 7. The summed E-state index contributed by atoms with van der Waals surface area (Å²) in [7, 11) is 1.71. The number of methoxy groups -OCH3 is 1. The first-order valence-corrected chi connectivity index (χ1v) is 9.60. The van der Waals surface area contributed by atoms with Crippen molar-refractivity contribution in [3.8, 4) is 11.8 Å². The number of benzene rings is 2. The summed E-state index contributed by atoms with van der Waals surface area (Å²) in [6, 6.07) is 16.9. The Balaban J connectivity index is 1.37. The zero-order valence-corrected chi connectivity index (χ0v) is 16.2. The molecule has 1 N–H and O–H groups in total. The second-order valence-electron chi connectivity index (χ2n) is 6.80. The van der Waals surface area contributed by atoms with Gasteiger partial charge in [0.25, 0.3) is 5.91 Å². The molecule has 0 saturated carbocycles. The number of carbonyl (C=O) groups excluding carboxylic acids is 1. The highest BCUT2D eigenvalue weighted by molar-refractivity contribution is 5.94. The SMILES string of the molecule is COc1ccccc1N1CCN(CCCNC(=O)c2ccc(C#N)cc2)CC1. The van der Waals surface area contributed by atoms with Crippen LogP contribution < -0.4 is 15.0 Å². The van der Waals surface area contributed by atoms with E-state index in [1.54, 1.807) is 31.4 Å². The Morgan fingerprint density at radius 2 is 1.82 bits per heavy atom. The average Bonchev–Trinajstić information content (AvgIpc) is 2.77. The molecule has 6 nitrogen and oxygen atoms in total. The van der Waals surface area contributed by atoms with Crippen molar-refractivity contribution in [1.29, 1.82) is 5.26 Å². The van der Waals surface area contributed by atoms with Crippen molar-refractivity contribution < 1.29 is 9.53 Å². The zero-order chi connectivity index (χ0) is 19.8. The third-order valence-corrected chi connectivity index (χ3v) is 5.01. The van der Waals surface area contributed by atoms with Crippen LogP contribution in [0.15, 0.2) is 48.5 Å². The zero-order valence-electron chi connectivity index (χ0n) is 16.2. The van der Waals surface area contributed by atoms with Gasteiger partial charge in [-0.1, -0.05) is 12.1 Å². The molecular formula is C22H26N4O2. The number of piperazine rings is 1. The lowest BCUT2D eigenvalue weighted by atomic mass is 10.1. The molecule has 1 heterocycles. The number of nitrogens with one attached hydrogen (secondary N) is 1. The highest BCUT2D eigenvalue weighted by atomic mass is 16.5. The van der Waals surface area contributed by atoms with Crippen LogP contribution in [0.1, 0.15) is 22.3 Å². The fourth-order valence-electron chi connectivity index (χ4n) is 3.41. The summed E-state index contributed by atoms with van der Waals surface area (Å²) in [6.07, 6.45) is 0.913. The molecule has 0 bridgehead atoms. The van der Waals surface area contributed by atoms with Crippen molar-refractivity contribution in [3.63, 3.8) is 0 Å². The van der Waals surface area contributed by atoms with Crippen molar-refractivity contribution in [2.24, 2.45) is 0 Å². The molecule has 1 aliphatic heterocycles. The molecule has 0 aliphatic carbocycles. The van der Waals surface area contributed by atoms with Gasteiger partial charge in [0.05, 0.1) is 24.4 Å². The van der Waals surface area contributed by atoms with Crippen molar-refractivity contribution in [2.45, 2.75) is 6.42 Å². The van der Waals surface area contributed by atoms with E-state index in [2.05, 4.69) is 27.3 Å². The normalized spacial score (nSPS) is 14.4. The van der Waals surface area contributed by atoms with Crippen molar-refractivity contribution >= 4 is 11.6 Å². The van der Waals surface area contributed by atoms with E-state index in [-0.39, 0.29) is 5.91 Å². The molecular weight excluding hydrogens is 352 g/mol. The van der Waals surface area contributed by atoms with Crippen LogP contribution in [0.4, 0.5) is 5.69 Å². The number of para-hydroxylation sites is 2. The second-order valence-corrected chi connectivity index (χ2v) is 6.80. The summed E-state index contributed by atoms with van der Waals surface area (Å²) >= 11 is 0. The summed E-state index contributed by atoms with van der Waals surface area (Å²) in [6.45, 7) is 5.55. The molecule has 0 spiro atoms. The molecule has 6 heteroatoms. The van der Waals surface area contributed by atoms with Crippen LogP contribution in [-0.2, 0) is 0 Å². The largest absolute Gasteiger partial charge is 0.495 e. The molecule has 2 aromatic rings. The van der Waals surface area contributed by atoms with Gasteiger partial charge in [0.2, 0.25) is 0 Å². The maximum Gasteiger partial charge on any atom is 0.251 e. The van der Waals surface area contributed by atoms with Gasteiger partial charge in [0, 0.05) is 38.3 Å². The molecule has 146 valence electrons. The van der Waals surface area contributed by atoms with Crippen molar-refractivity contribution in [1.82, 2.24) is 10.2 Å².